The van der Waals surface area contributed by atoms with E-state index in [0.717, 1.165) is 5.69 Å². The Hall–Kier alpha value is -3.62. The highest BCUT2D eigenvalue weighted by Gasteiger charge is 2.18. The first-order valence-electron chi connectivity index (χ1n) is 9.75. The van der Waals surface area contributed by atoms with Gasteiger partial charge in [-0.3, -0.25) is 10.2 Å². The number of amides is 1. The van der Waals surface area contributed by atoms with Crippen LogP contribution in [0.4, 0.5) is 17.2 Å². The van der Waals surface area contributed by atoms with Crippen molar-refractivity contribution in [2.45, 2.75) is 20.1 Å². The Balaban J connectivity index is 1.84. The fourth-order valence-corrected chi connectivity index (χ4v) is 3.05. The van der Waals surface area contributed by atoms with E-state index in [2.05, 4.69) is 15.6 Å². The van der Waals surface area contributed by atoms with Crippen molar-refractivity contribution in [2.24, 2.45) is 0 Å². The van der Waals surface area contributed by atoms with E-state index in [1.54, 1.807) is 62.2 Å². The van der Waals surface area contributed by atoms with Crippen LogP contribution >= 0.6 is 11.6 Å². The van der Waals surface area contributed by atoms with Gasteiger partial charge in [-0.1, -0.05) is 23.7 Å². The first-order valence-corrected chi connectivity index (χ1v) is 10.1. The molecule has 0 spiro atoms. The van der Waals surface area contributed by atoms with Gasteiger partial charge >= 0.3 is 0 Å². The van der Waals surface area contributed by atoms with Crippen LogP contribution in [0, 0.1) is 12.3 Å². The molecule has 2 aromatic carbocycles. The van der Waals surface area contributed by atoms with Gasteiger partial charge in [0.25, 0.3) is 5.91 Å². The summed E-state index contributed by atoms with van der Waals surface area (Å²) in [5, 5.41) is 34.6. The van der Waals surface area contributed by atoms with Crippen LogP contribution < -0.4 is 15.5 Å². The molecule has 0 fully saturated rings. The second kappa shape index (κ2) is 9.67. The van der Waals surface area contributed by atoms with Crippen LogP contribution in [0.2, 0.25) is 5.02 Å². The Morgan fingerprint density at radius 1 is 1.19 bits per heavy atom. The summed E-state index contributed by atoms with van der Waals surface area (Å²) in [5.41, 5.74) is 2.34. The molecule has 1 heterocycles. The minimum Gasteiger partial charge on any atom is -0.508 e. The monoisotopic (exact) mass is 453 g/mol. The summed E-state index contributed by atoms with van der Waals surface area (Å²) >= 11 is 5.83. The lowest BCUT2D eigenvalue weighted by Gasteiger charge is -2.20. The largest absolute Gasteiger partial charge is 0.508 e. The lowest BCUT2D eigenvalue weighted by atomic mass is 10.1. The number of amidine groups is 1. The molecule has 0 aliphatic heterocycles. The molecule has 9 heteroatoms. The SMILES string of the molecule is CC(=N)N(C)c1ccc(C(O)Nc2cc(O)c(C)cc2C(=O)Nc2ccc(Cl)cn2)cc1. The zero-order valence-corrected chi connectivity index (χ0v) is 18.6. The molecule has 166 valence electrons. The van der Waals surface area contributed by atoms with Crippen LogP contribution in [0.3, 0.4) is 0 Å². The second-order valence-corrected chi connectivity index (χ2v) is 7.72. The molecule has 1 unspecified atom stereocenters. The van der Waals surface area contributed by atoms with E-state index in [1.165, 1.54) is 18.3 Å². The van der Waals surface area contributed by atoms with Crippen molar-refractivity contribution in [2.75, 3.05) is 22.6 Å². The molecule has 5 N–H and O–H groups in total. The summed E-state index contributed by atoms with van der Waals surface area (Å²) in [6, 6.07) is 13.1. The van der Waals surface area contributed by atoms with Crippen LogP contribution in [0.5, 0.6) is 5.75 Å². The number of carbonyl (C=O) groups excluding carboxylic acids is 1. The predicted octanol–water partition coefficient (Wildman–Crippen LogP) is 4.54. The maximum Gasteiger partial charge on any atom is 0.258 e. The highest BCUT2D eigenvalue weighted by Crippen LogP contribution is 2.29. The van der Waals surface area contributed by atoms with Gasteiger partial charge in [-0.2, -0.15) is 0 Å². The van der Waals surface area contributed by atoms with Gasteiger partial charge < -0.3 is 25.7 Å². The lowest BCUT2D eigenvalue weighted by Crippen LogP contribution is -2.22. The highest BCUT2D eigenvalue weighted by molar-refractivity contribution is 6.30. The summed E-state index contributed by atoms with van der Waals surface area (Å²) < 4.78 is 0. The topological polar surface area (TPSA) is 122 Å². The molecule has 8 nitrogen and oxygen atoms in total. The normalized spacial score (nSPS) is 11.5. The van der Waals surface area contributed by atoms with Crippen molar-refractivity contribution in [1.82, 2.24) is 4.98 Å². The van der Waals surface area contributed by atoms with Crippen molar-refractivity contribution < 1.29 is 15.0 Å². The molecule has 0 saturated carbocycles. The third kappa shape index (κ3) is 5.35. The number of hydrogen-bond donors (Lipinski definition) is 5. The standard InChI is InChI=1S/C23H24ClN5O3/c1-13-10-18(23(32)28-21-9-6-16(24)12-26-21)19(11-20(13)30)27-22(31)15-4-7-17(8-5-15)29(3)14(2)25/h4-12,22,25,27,30-31H,1-3H3,(H,26,28,32). The summed E-state index contributed by atoms with van der Waals surface area (Å²) in [7, 11) is 1.78. The van der Waals surface area contributed by atoms with Gasteiger partial charge in [-0.05, 0) is 49.7 Å². The van der Waals surface area contributed by atoms with E-state index in [4.69, 9.17) is 17.0 Å². The summed E-state index contributed by atoms with van der Waals surface area (Å²) in [4.78, 5) is 18.6. The zero-order chi connectivity index (χ0) is 23.4. The predicted molar refractivity (Wildman–Crippen MR) is 127 cm³/mol. The fourth-order valence-electron chi connectivity index (χ4n) is 2.94. The summed E-state index contributed by atoms with van der Waals surface area (Å²) in [6.45, 7) is 3.35. The van der Waals surface area contributed by atoms with E-state index in [1.807, 2.05) is 0 Å². The minimum atomic E-state index is -1.14. The van der Waals surface area contributed by atoms with Gasteiger partial charge in [0.05, 0.1) is 22.1 Å². The summed E-state index contributed by atoms with van der Waals surface area (Å²) in [5.74, 6) is 0.227. The number of rotatable bonds is 6. The van der Waals surface area contributed by atoms with E-state index in [9.17, 15) is 15.0 Å². The third-order valence-electron chi connectivity index (χ3n) is 4.94. The average Bonchev–Trinajstić information content (AvgIpc) is 2.77. The number of benzene rings is 2. The third-order valence-corrected chi connectivity index (χ3v) is 5.16. The first-order chi connectivity index (χ1) is 15.2. The van der Waals surface area contributed by atoms with E-state index >= 15 is 0 Å². The van der Waals surface area contributed by atoms with Crippen molar-refractivity contribution in [1.29, 1.82) is 5.41 Å². The van der Waals surface area contributed by atoms with Crippen LogP contribution in [-0.2, 0) is 0 Å². The van der Waals surface area contributed by atoms with Crippen LogP contribution in [0.1, 0.15) is 34.6 Å². The fraction of sp³-hybridized carbons (Fsp3) is 0.174. The number of aryl methyl sites for hydroxylation is 1. The molecule has 0 bridgehead atoms. The Bertz CT molecular complexity index is 1130. The molecule has 1 atom stereocenters. The number of carbonyl (C=O) groups is 1. The maximum atomic E-state index is 12.9. The van der Waals surface area contributed by atoms with Crippen LogP contribution in [0.15, 0.2) is 54.7 Å². The Morgan fingerprint density at radius 3 is 2.47 bits per heavy atom. The molecule has 0 saturated heterocycles. The number of hydrogen-bond acceptors (Lipinski definition) is 6. The molecule has 1 aromatic heterocycles. The Kier molecular flexibility index (Phi) is 6.97. The number of nitrogens with zero attached hydrogens (tertiary/aromatic N) is 2. The van der Waals surface area contributed by atoms with Gasteiger partial charge in [-0.15, -0.1) is 0 Å². The molecule has 3 rings (SSSR count). The zero-order valence-electron chi connectivity index (χ0n) is 17.8. The molecular formula is C23H24ClN5O3. The molecule has 1 amide bonds. The number of aliphatic hydroxyl groups is 1. The maximum absolute atomic E-state index is 12.9. The van der Waals surface area contributed by atoms with E-state index in [0.29, 0.717) is 27.8 Å². The Labute approximate surface area is 191 Å². The number of phenolic OH excluding ortho intramolecular Hbond substituents is 1. The number of pyridine rings is 1. The van der Waals surface area contributed by atoms with Gasteiger partial charge in [0.1, 0.15) is 11.6 Å². The van der Waals surface area contributed by atoms with Crippen molar-refractivity contribution >= 4 is 40.5 Å². The average molecular weight is 454 g/mol. The number of nitrogens with one attached hydrogen (secondary N) is 3. The smallest absolute Gasteiger partial charge is 0.258 e. The highest BCUT2D eigenvalue weighted by atomic mass is 35.5. The van der Waals surface area contributed by atoms with Crippen molar-refractivity contribution in [3.63, 3.8) is 0 Å². The van der Waals surface area contributed by atoms with Crippen molar-refractivity contribution in [3.8, 4) is 5.75 Å². The minimum absolute atomic E-state index is 0.0145. The second-order valence-electron chi connectivity index (χ2n) is 7.28. The summed E-state index contributed by atoms with van der Waals surface area (Å²) in [6.07, 6.45) is 0.279. The molecule has 0 aliphatic carbocycles. The number of anilines is 3. The van der Waals surface area contributed by atoms with Crippen LogP contribution in [0.25, 0.3) is 0 Å². The van der Waals surface area contributed by atoms with Gasteiger partial charge in [0.2, 0.25) is 0 Å². The molecular weight excluding hydrogens is 430 g/mol. The first kappa shape index (κ1) is 23.1. The van der Waals surface area contributed by atoms with Crippen LogP contribution in [-0.4, -0.2) is 34.0 Å². The number of aromatic hydroxyl groups is 1. The number of phenols is 1. The number of halogens is 1. The molecule has 0 aliphatic rings. The quantitative estimate of drug-likeness (QED) is 0.212. The van der Waals surface area contributed by atoms with Gasteiger partial charge in [-0.25, -0.2) is 4.98 Å². The number of aliphatic hydroxyl groups excluding tert-OH is 1. The Morgan fingerprint density at radius 2 is 1.88 bits per heavy atom. The lowest BCUT2D eigenvalue weighted by molar-refractivity contribution is 0.102. The van der Waals surface area contributed by atoms with Gasteiger partial charge in [0, 0.05) is 30.6 Å². The number of aromatic nitrogens is 1. The van der Waals surface area contributed by atoms with E-state index < -0.39 is 12.1 Å². The molecule has 32 heavy (non-hydrogen) atoms. The molecule has 3 aromatic rings. The van der Waals surface area contributed by atoms with Gasteiger partial charge in [0.15, 0.2) is 6.23 Å². The van der Waals surface area contributed by atoms with Crippen molar-refractivity contribution in [3.05, 3.63) is 76.4 Å². The molecule has 0 radical (unpaired) electrons. The van der Waals surface area contributed by atoms with E-state index in [-0.39, 0.29) is 17.0 Å².